The second-order valence-corrected chi connectivity index (χ2v) is 7.78. The van der Waals surface area contributed by atoms with Crippen LogP contribution in [0, 0.1) is 0 Å². The van der Waals surface area contributed by atoms with Gasteiger partial charge in [0.2, 0.25) is 10.0 Å². The van der Waals surface area contributed by atoms with Crippen LogP contribution in [0.5, 0.6) is 0 Å². The van der Waals surface area contributed by atoms with Gasteiger partial charge in [0.05, 0.1) is 17.0 Å². The van der Waals surface area contributed by atoms with Crippen LogP contribution in [-0.2, 0) is 16.4 Å². The van der Waals surface area contributed by atoms with E-state index in [1.54, 1.807) is 26.0 Å². The van der Waals surface area contributed by atoms with Gasteiger partial charge in [-0.2, -0.15) is 0 Å². The molecule has 0 aromatic heterocycles. The normalized spacial score (nSPS) is 12.6. The molecule has 0 aliphatic carbocycles. The van der Waals surface area contributed by atoms with E-state index in [0.29, 0.717) is 0 Å². The lowest BCUT2D eigenvalue weighted by atomic mass is 10.1. The van der Waals surface area contributed by atoms with Crippen LogP contribution in [0.2, 0.25) is 0 Å². The van der Waals surface area contributed by atoms with E-state index in [1.807, 2.05) is 12.1 Å². The van der Waals surface area contributed by atoms with E-state index in [4.69, 9.17) is 5.11 Å². The van der Waals surface area contributed by atoms with Gasteiger partial charge in [-0.05, 0) is 44.4 Å². The highest BCUT2D eigenvalue weighted by Gasteiger charge is 2.25. The highest BCUT2D eigenvalue weighted by Crippen LogP contribution is 2.15. The fourth-order valence-electron chi connectivity index (χ4n) is 2.05. The van der Waals surface area contributed by atoms with E-state index in [0.717, 1.165) is 18.4 Å². The van der Waals surface area contributed by atoms with Gasteiger partial charge in [-0.3, -0.25) is 0 Å². The van der Waals surface area contributed by atoms with E-state index >= 15 is 0 Å². The van der Waals surface area contributed by atoms with Crippen LogP contribution in [0.4, 0.5) is 0 Å². The van der Waals surface area contributed by atoms with Crippen molar-refractivity contribution in [2.45, 2.75) is 63.3 Å². The Bertz CT molecular complexity index is 521. The number of aliphatic hydroxyl groups is 1. The van der Waals surface area contributed by atoms with Crippen LogP contribution in [0.3, 0.4) is 0 Å². The van der Waals surface area contributed by atoms with Gasteiger partial charge >= 0.3 is 0 Å². The number of nitrogens with one attached hydrogen (secondary N) is 1. The van der Waals surface area contributed by atoms with Gasteiger partial charge in [0.25, 0.3) is 0 Å². The Kier molecular flexibility index (Phi) is 6.84. The molecule has 0 radical (unpaired) electrons. The Labute approximate surface area is 128 Å². The summed E-state index contributed by atoms with van der Waals surface area (Å²) < 4.78 is 26.9. The zero-order chi connectivity index (χ0) is 15.9. The van der Waals surface area contributed by atoms with Gasteiger partial charge < -0.3 is 5.11 Å². The number of benzene rings is 1. The van der Waals surface area contributed by atoms with E-state index in [9.17, 15) is 8.42 Å². The van der Waals surface area contributed by atoms with Crippen molar-refractivity contribution in [2.75, 3.05) is 6.61 Å². The molecule has 0 spiro atoms. The molecule has 0 aliphatic heterocycles. The van der Waals surface area contributed by atoms with Crippen LogP contribution in [0.1, 0.15) is 52.0 Å². The third-order valence-electron chi connectivity index (χ3n) is 3.36. The van der Waals surface area contributed by atoms with Crippen molar-refractivity contribution < 1.29 is 13.5 Å². The van der Waals surface area contributed by atoms with Crippen molar-refractivity contribution in [2.24, 2.45) is 0 Å². The summed E-state index contributed by atoms with van der Waals surface area (Å²) in [6, 6.07) is 6.99. The Morgan fingerprint density at radius 2 is 1.71 bits per heavy atom. The van der Waals surface area contributed by atoms with E-state index in [-0.39, 0.29) is 11.5 Å². The summed E-state index contributed by atoms with van der Waals surface area (Å²) in [5, 5.41) is 9.16. The van der Waals surface area contributed by atoms with E-state index in [2.05, 4.69) is 11.6 Å². The second kappa shape index (κ2) is 7.92. The summed E-state index contributed by atoms with van der Waals surface area (Å²) in [7, 11) is -3.59. The van der Waals surface area contributed by atoms with Crippen molar-refractivity contribution in [3.8, 4) is 0 Å². The van der Waals surface area contributed by atoms with Crippen LogP contribution in [-0.4, -0.2) is 25.7 Å². The van der Waals surface area contributed by atoms with Crippen molar-refractivity contribution in [1.29, 1.82) is 0 Å². The lowest BCUT2D eigenvalue weighted by Crippen LogP contribution is -2.46. The van der Waals surface area contributed by atoms with Gasteiger partial charge in [0, 0.05) is 0 Å². The summed E-state index contributed by atoms with van der Waals surface area (Å²) in [6.45, 7) is 5.22. The minimum absolute atomic E-state index is 0.237. The zero-order valence-electron chi connectivity index (χ0n) is 13.2. The minimum atomic E-state index is -3.59. The Balaban J connectivity index is 2.68. The standard InChI is InChI=1S/C16H27NO3S/c1-4-5-6-7-8-14-9-11-15(12-10-14)21(19,20)17-16(2,3)13-18/h9-12,17-18H,4-8,13H2,1-3H3. The molecule has 21 heavy (non-hydrogen) atoms. The molecule has 5 heteroatoms. The van der Waals surface area contributed by atoms with Gasteiger partial charge in [-0.15, -0.1) is 0 Å². The Morgan fingerprint density at radius 3 is 2.24 bits per heavy atom. The van der Waals surface area contributed by atoms with Crippen LogP contribution >= 0.6 is 0 Å². The number of aliphatic hydroxyl groups excluding tert-OH is 1. The lowest BCUT2D eigenvalue weighted by molar-refractivity contribution is 0.208. The molecule has 1 aromatic carbocycles. The number of rotatable bonds is 9. The molecule has 0 saturated heterocycles. The van der Waals surface area contributed by atoms with Crippen molar-refractivity contribution in [3.05, 3.63) is 29.8 Å². The Hall–Kier alpha value is -0.910. The average Bonchev–Trinajstić information content (AvgIpc) is 2.43. The fraction of sp³-hybridized carbons (Fsp3) is 0.625. The first kappa shape index (κ1) is 18.1. The fourth-order valence-corrected chi connectivity index (χ4v) is 3.45. The number of sulfonamides is 1. The first-order valence-corrected chi connectivity index (χ1v) is 9.03. The molecular formula is C16H27NO3S. The van der Waals surface area contributed by atoms with Crippen molar-refractivity contribution >= 4 is 10.0 Å². The zero-order valence-corrected chi connectivity index (χ0v) is 14.0. The van der Waals surface area contributed by atoms with Crippen LogP contribution in [0.15, 0.2) is 29.2 Å². The molecule has 1 rings (SSSR count). The summed E-state index contributed by atoms with van der Waals surface area (Å²) in [5.74, 6) is 0. The summed E-state index contributed by atoms with van der Waals surface area (Å²) in [6.07, 6.45) is 5.78. The largest absolute Gasteiger partial charge is 0.394 e. The maximum atomic E-state index is 12.2. The molecule has 2 N–H and O–H groups in total. The lowest BCUT2D eigenvalue weighted by Gasteiger charge is -2.23. The topological polar surface area (TPSA) is 66.4 Å². The maximum absolute atomic E-state index is 12.2. The summed E-state index contributed by atoms with van der Waals surface area (Å²) in [4.78, 5) is 0.237. The maximum Gasteiger partial charge on any atom is 0.241 e. The summed E-state index contributed by atoms with van der Waals surface area (Å²) >= 11 is 0. The number of aryl methyl sites for hydroxylation is 1. The van der Waals surface area contributed by atoms with Crippen molar-refractivity contribution in [1.82, 2.24) is 4.72 Å². The highest BCUT2D eigenvalue weighted by atomic mass is 32.2. The molecule has 4 nitrogen and oxygen atoms in total. The quantitative estimate of drug-likeness (QED) is 0.689. The van der Waals surface area contributed by atoms with E-state index < -0.39 is 15.6 Å². The summed E-state index contributed by atoms with van der Waals surface area (Å²) in [5.41, 5.74) is 0.295. The second-order valence-electron chi connectivity index (χ2n) is 6.10. The van der Waals surface area contributed by atoms with Crippen LogP contribution in [0.25, 0.3) is 0 Å². The van der Waals surface area contributed by atoms with Gasteiger partial charge in [-0.25, -0.2) is 13.1 Å². The number of hydrogen-bond donors (Lipinski definition) is 2. The molecular weight excluding hydrogens is 286 g/mol. The van der Waals surface area contributed by atoms with Gasteiger partial charge in [0.1, 0.15) is 0 Å². The molecule has 1 aromatic rings. The molecule has 0 bridgehead atoms. The van der Waals surface area contributed by atoms with E-state index in [1.165, 1.54) is 19.3 Å². The molecule has 0 aliphatic rings. The molecule has 0 fully saturated rings. The SMILES string of the molecule is CCCCCCc1ccc(S(=O)(=O)NC(C)(C)CO)cc1. The first-order valence-electron chi connectivity index (χ1n) is 7.54. The monoisotopic (exact) mass is 313 g/mol. The molecule has 0 heterocycles. The van der Waals surface area contributed by atoms with Crippen LogP contribution < -0.4 is 4.72 Å². The molecule has 0 amide bonds. The molecule has 0 atom stereocenters. The average molecular weight is 313 g/mol. The number of hydrogen-bond acceptors (Lipinski definition) is 3. The molecule has 120 valence electrons. The third kappa shape index (κ3) is 6.16. The number of unbranched alkanes of at least 4 members (excludes halogenated alkanes) is 3. The highest BCUT2D eigenvalue weighted by molar-refractivity contribution is 7.89. The Morgan fingerprint density at radius 1 is 1.10 bits per heavy atom. The smallest absolute Gasteiger partial charge is 0.241 e. The minimum Gasteiger partial charge on any atom is -0.394 e. The van der Waals surface area contributed by atoms with Gasteiger partial charge in [-0.1, -0.05) is 38.3 Å². The first-order chi connectivity index (χ1) is 9.80. The third-order valence-corrected chi connectivity index (χ3v) is 5.07. The molecule has 0 saturated carbocycles. The molecule has 0 unspecified atom stereocenters. The van der Waals surface area contributed by atoms with Gasteiger partial charge in [0.15, 0.2) is 0 Å². The predicted octanol–water partition coefficient (Wildman–Crippen LogP) is 2.86. The van der Waals surface area contributed by atoms with Crippen molar-refractivity contribution in [3.63, 3.8) is 0 Å². The predicted molar refractivity (Wildman–Crippen MR) is 85.8 cm³/mol.